The molecule has 2 rings (SSSR count). The van der Waals surface area contributed by atoms with Gasteiger partial charge in [0.1, 0.15) is 6.04 Å². The second kappa shape index (κ2) is 6.91. The number of carboxylic acids is 1. The molecule has 0 aromatic carbocycles. The van der Waals surface area contributed by atoms with Gasteiger partial charge in [-0.2, -0.15) is 0 Å². The Morgan fingerprint density at radius 2 is 2.14 bits per heavy atom. The fraction of sp³-hybridized carbons (Fsp3) is 0.533. The number of carbonyl (C=O) groups excluding carboxylic acids is 2. The van der Waals surface area contributed by atoms with Crippen molar-refractivity contribution in [3.8, 4) is 0 Å². The van der Waals surface area contributed by atoms with Gasteiger partial charge in [0.15, 0.2) is 0 Å². The van der Waals surface area contributed by atoms with Gasteiger partial charge in [-0.1, -0.05) is 13.0 Å². The van der Waals surface area contributed by atoms with Crippen LogP contribution in [-0.4, -0.2) is 46.9 Å². The number of carbonyl (C=O) groups is 3. The summed E-state index contributed by atoms with van der Waals surface area (Å²) < 4.78 is 0. The lowest BCUT2D eigenvalue weighted by molar-refractivity contribution is -0.147. The van der Waals surface area contributed by atoms with Crippen LogP contribution in [0.15, 0.2) is 17.5 Å². The van der Waals surface area contributed by atoms with Gasteiger partial charge >= 0.3 is 5.97 Å². The number of nitrogens with one attached hydrogen (secondary N) is 1. The number of hydrogen-bond acceptors (Lipinski definition) is 4. The van der Waals surface area contributed by atoms with Gasteiger partial charge < -0.3 is 15.3 Å². The van der Waals surface area contributed by atoms with Crippen LogP contribution in [0.4, 0.5) is 0 Å². The summed E-state index contributed by atoms with van der Waals surface area (Å²) in [4.78, 5) is 37.7. The summed E-state index contributed by atoms with van der Waals surface area (Å²) in [5, 5.41) is 13.6. The summed E-state index contributed by atoms with van der Waals surface area (Å²) in [6.07, 6.45) is 0.578. The normalized spacial score (nSPS) is 22.9. The Morgan fingerprint density at radius 3 is 2.73 bits per heavy atom. The first-order valence-electron chi connectivity index (χ1n) is 7.24. The van der Waals surface area contributed by atoms with Crippen LogP contribution in [0.2, 0.25) is 0 Å². The summed E-state index contributed by atoms with van der Waals surface area (Å²) in [6.45, 7) is 4.30. The average Bonchev–Trinajstić information content (AvgIpc) is 2.99. The molecule has 6 nitrogen and oxygen atoms in total. The first-order valence-corrected chi connectivity index (χ1v) is 8.12. The van der Waals surface area contributed by atoms with E-state index >= 15 is 0 Å². The molecule has 0 spiro atoms. The number of thiophene rings is 1. The zero-order chi connectivity index (χ0) is 16.3. The van der Waals surface area contributed by atoms with Crippen LogP contribution in [0, 0.1) is 11.8 Å². The van der Waals surface area contributed by atoms with E-state index in [2.05, 4.69) is 5.32 Å². The van der Waals surface area contributed by atoms with Crippen molar-refractivity contribution in [3.63, 3.8) is 0 Å². The van der Waals surface area contributed by atoms with Crippen LogP contribution in [0.1, 0.15) is 29.9 Å². The second-order valence-corrected chi connectivity index (χ2v) is 6.74. The van der Waals surface area contributed by atoms with E-state index < -0.39 is 17.9 Å². The van der Waals surface area contributed by atoms with Crippen molar-refractivity contribution < 1.29 is 19.5 Å². The molecule has 1 fully saturated rings. The molecular formula is C15H20N2O4S. The summed E-state index contributed by atoms with van der Waals surface area (Å²) >= 11 is 1.31. The number of piperidine rings is 1. The molecule has 7 heteroatoms. The molecule has 0 radical (unpaired) electrons. The molecular weight excluding hydrogens is 304 g/mol. The summed E-state index contributed by atoms with van der Waals surface area (Å²) in [7, 11) is 0. The van der Waals surface area contributed by atoms with Gasteiger partial charge in [-0.25, -0.2) is 0 Å². The van der Waals surface area contributed by atoms with Gasteiger partial charge in [0.05, 0.1) is 10.8 Å². The molecule has 3 atom stereocenters. The van der Waals surface area contributed by atoms with Crippen LogP contribution < -0.4 is 5.32 Å². The highest BCUT2D eigenvalue weighted by Gasteiger charge is 2.33. The number of rotatable bonds is 4. The molecule has 2 N–H and O–H groups in total. The lowest BCUT2D eigenvalue weighted by Crippen LogP contribution is -2.52. The Kier molecular flexibility index (Phi) is 5.18. The topological polar surface area (TPSA) is 86.7 Å². The number of amides is 2. The van der Waals surface area contributed by atoms with E-state index in [1.165, 1.54) is 11.3 Å². The quantitative estimate of drug-likeness (QED) is 0.877. The van der Waals surface area contributed by atoms with E-state index in [0.717, 1.165) is 0 Å². The van der Waals surface area contributed by atoms with Crippen LogP contribution in [-0.2, 0) is 9.59 Å². The molecule has 1 aliphatic rings. The standard InChI is InChI=1S/C15H20N2O4S/c1-9-6-11(15(20)21)8-17(7-9)14(19)10(2)16-13(18)12-4-3-5-22-12/h3-5,9-11H,6-8H2,1-2H3,(H,16,18)(H,20,21). The molecule has 2 amide bonds. The average molecular weight is 324 g/mol. The predicted molar refractivity (Wildman–Crippen MR) is 82.7 cm³/mol. The number of nitrogens with zero attached hydrogens (tertiary/aromatic N) is 1. The maximum Gasteiger partial charge on any atom is 0.308 e. The van der Waals surface area contributed by atoms with E-state index in [9.17, 15) is 14.4 Å². The van der Waals surface area contributed by atoms with Gasteiger partial charge in [-0.05, 0) is 30.7 Å². The fourth-order valence-electron chi connectivity index (χ4n) is 2.72. The number of likely N-dealkylation sites (tertiary alicyclic amines) is 1. The van der Waals surface area contributed by atoms with Gasteiger partial charge in [0.25, 0.3) is 5.91 Å². The number of hydrogen-bond donors (Lipinski definition) is 2. The molecule has 3 unspecified atom stereocenters. The van der Waals surface area contributed by atoms with E-state index in [1.54, 1.807) is 29.3 Å². The lowest BCUT2D eigenvalue weighted by Gasteiger charge is -2.36. The molecule has 0 saturated carbocycles. The number of aliphatic carboxylic acids is 1. The first-order chi connectivity index (χ1) is 10.4. The first kappa shape index (κ1) is 16.5. The molecule has 1 aromatic heterocycles. The van der Waals surface area contributed by atoms with E-state index in [4.69, 9.17) is 5.11 Å². The third-order valence-corrected chi connectivity index (χ3v) is 4.65. The maximum atomic E-state index is 12.4. The van der Waals surface area contributed by atoms with Crippen LogP contribution in [0.5, 0.6) is 0 Å². The third kappa shape index (κ3) is 3.85. The highest BCUT2D eigenvalue weighted by Crippen LogP contribution is 2.22. The van der Waals surface area contributed by atoms with Crippen molar-refractivity contribution in [1.82, 2.24) is 10.2 Å². The highest BCUT2D eigenvalue weighted by atomic mass is 32.1. The molecule has 22 heavy (non-hydrogen) atoms. The van der Waals surface area contributed by atoms with Gasteiger partial charge in [-0.15, -0.1) is 11.3 Å². The molecule has 120 valence electrons. The Labute approximate surface area is 133 Å². The summed E-state index contributed by atoms with van der Waals surface area (Å²) in [5.74, 6) is -1.79. The van der Waals surface area contributed by atoms with Crippen molar-refractivity contribution >= 4 is 29.1 Å². The van der Waals surface area contributed by atoms with Crippen LogP contribution in [0.25, 0.3) is 0 Å². The molecule has 1 aromatic rings. The minimum Gasteiger partial charge on any atom is -0.481 e. The van der Waals surface area contributed by atoms with E-state index in [-0.39, 0.29) is 24.3 Å². The van der Waals surface area contributed by atoms with Crippen molar-refractivity contribution in [2.75, 3.05) is 13.1 Å². The molecule has 2 heterocycles. The summed E-state index contributed by atoms with van der Waals surface area (Å²) in [6, 6.07) is 2.80. The Bertz CT molecular complexity index is 558. The molecule has 1 saturated heterocycles. The minimum atomic E-state index is -0.875. The second-order valence-electron chi connectivity index (χ2n) is 5.79. The molecule has 0 aliphatic carbocycles. The molecule has 1 aliphatic heterocycles. The van der Waals surface area contributed by atoms with Gasteiger partial charge in [0, 0.05) is 13.1 Å². The van der Waals surface area contributed by atoms with Crippen LogP contribution in [0.3, 0.4) is 0 Å². The van der Waals surface area contributed by atoms with E-state index in [1.807, 2.05) is 6.92 Å². The van der Waals surface area contributed by atoms with E-state index in [0.29, 0.717) is 17.8 Å². The maximum absolute atomic E-state index is 12.4. The van der Waals surface area contributed by atoms with Gasteiger partial charge in [-0.3, -0.25) is 14.4 Å². The Balaban J connectivity index is 1.97. The Morgan fingerprint density at radius 1 is 1.41 bits per heavy atom. The zero-order valence-corrected chi connectivity index (χ0v) is 13.4. The lowest BCUT2D eigenvalue weighted by atomic mass is 9.90. The van der Waals surface area contributed by atoms with Crippen LogP contribution >= 0.6 is 11.3 Å². The van der Waals surface area contributed by atoms with Gasteiger partial charge in [0.2, 0.25) is 5.91 Å². The molecule has 0 bridgehead atoms. The highest BCUT2D eigenvalue weighted by molar-refractivity contribution is 7.12. The third-order valence-electron chi connectivity index (χ3n) is 3.78. The fourth-order valence-corrected chi connectivity index (χ4v) is 3.35. The zero-order valence-electron chi connectivity index (χ0n) is 12.6. The largest absolute Gasteiger partial charge is 0.481 e. The predicted octanol–water partition coefficient (Wildman–Crippen LogP) is 1.44. The van der Waals surface area contributed by atoms with Crippen molar-refractivity contribution in [2.45, 2.75) is 26.3 Å². The van der Waals surface area contributed by atoms with Crippen molar-refractivity contribution in [1.29, 1.82) is 0 Å². The minimum absolute atomic E-state index is 0.138. The number of carboxylic acid groups (broad SMARTS) is 1. The van der Waals surface area contributed by atoms with Crippen molar-refractivity contribution in [3.05, 3.63) is 22.4 Å². The van der Waals surface area contributed by atoms with Crippen molar-refractivity contribution in [2.24, 2.45) is 11.8 Å². The SMILES string of the molecule is CC1CC(C(=O)O)CN(C(=O)C(C)NC(=O)c2cccs2)C1. The summed E-state index contributed by atoms with van der Waals surface area (Å²) in [5.41, 5.74) is 0. The Hall–Kier alpha value is -1.89. The monoisotopic (exact) mass is 324 g/mol. The smallest absolute Gasteiger partial charge is 0.308 e.